The third kappa shape index (κ3) is 3.10. The first-order valence-corrected chi connectivity index (χ1v) is 9.85. The largest absolute Gasteiger partial charge is 0.486 e. The number of carbonyl (C=O) groups excluding carboxylic acids is 1. The molecule has 0 unspecified atom stereocenters. The average Bonchev–Trinajstić information content (AvgIpc) is 2.69. The summed E-state index contributed by atoms with van der Waals surface area (Å²) >= 11 is 0. The van der Waals surface area contributed by atoms with E-state index in [9.17, 15) is 4.79 Å². The molecule has 5 heteroatoms. The van der Waals surface area contributed by atoms with Crippen molar-refractivity contribution in [3.05, 3.63) is 53.3 Å². The maximum absolute atomic E-state index is 12.9. The highest BCUT2D eigenvalue weighted by Crippen LogP contribution is 2.46. The number of benzene rings is 1. The summed E-state index contributed by atoms with van der Waals surface area (Å²) in [6.07, 6.45) is 9.61. The molecule has 5 rings (SSSR count). The maximum Gasteiger partial charge on any atom is 0.170 e. The van der Waals surface area contributed by atoms with Gasteiger partial charge in [-0.1, -0.05) is 6.42 Å². The molecule has 1 saturated carbocycles. The summed E-state index contributed by atoms with van der Waals surface area (Å²) in [6, 6.07) is 7.85. The summed E-state index contributed by atoms with van der Waals surface area (Å²) in [5.41, 5.74) is 2.64. The van der Waals surface area contributed by atoms with Crippen molar-refractivity contribution in [1.29, 1.82) is 0 Å². The van der Waals surface area contributed by atoms with Crippen molar-refractivity contribution < 1.29 is 14.3 Å². The monoisotopic (exact) mass is 364 g/mol. The Kier molecular flexibility index (Phi) is 4.12. The molecule has 1 aromatic heterocycles. The van der Waals surface area contributed by atoms with Crippen LogP contribution >= 0.6 is 0 Å². The second-order valence-corrected chi connectivity index (χ2v) is 7.98. The van der Waals surface area contributed by atoms with Crippen LogP contribution in [0.2, 0.25) is 0 Å². The zero-order valence-electron chi connectivity index (χ0n) is 15.4. The third-order valence-corrected chi connectivity index (χ3v) is 6.02. The van der Waals surface area contributed by atoms with Crippen molar-refractivity contribution in [2.45, 2.75) is 57.2 Å². The summed E-state index contributed by atoms with van der Waals surface area (Å²) in [5, 5.41) is 0. The Morgan fingerprint density at radius 2 is 1.89 bits per heavy atom. The molecule has 140 valence electrons. The molecule has 0 amide bonds. The standard InChI is InChI=1S/C22H24N2O3/c25-19-12-22(8-2-1-3-9-22)27-21-17(19)4-5-20-18(21)14-24(15-26-20)13-16-6-10-23-11-7-16/h4-7,10-11H,1-3,8-9,12-15H2. The van der Waals surface area contributed by atoms with Gasteiger partial charge in [0.15, 0.2) is 5.78 Å². The van der Waals surface area contributed by atoms with Gasteiger partial charge in [-0.25, -0.2) is 0 Å². The normalized spacial score (nSPS) is 21.1. The van der Waals surface area contributed by atoms with E-state index in [-0.39, 0.29) is 11.4 Å². The molecule has 0 saturated heterocycles. The molecule has 0 N–H and O–H groups in total. The predicted molar refractivity (Wildman–Crippen MR) is 101 cm³/mol. The smallest absolute Gasteiger partial charge is 0.170 e. The van der Waals surface area contributed by atoms with E-state index in [1.54, 1.807) is 0 Å². The van der Waals surface area contributed by atoms with Crippen molar-refractivity contribution in [3.8, 4) is 11.5 Å². The molecule has 0 atom stereocenters. The Bertz CT molecular complexity index is 859. The van der Waals surface area contributed by atoms with Gasteiger partial charge < -0.3 is 9.47 Å². The fraction of sp³-hybridized carbons (Fsp3) is 0.455. The van der Waals surface area contributed by atoms with E-state index in [2.05, 4.69) is 9.88 Å². The van der Waals surface area contributed by atoms with Gasteiger partial charge in [0.1, 0.15) is 23.8 Å². The summed E-state index contributed by atoms with van der Waals surface area (Å²) in [7, 11) is 0. The number of hydrogen-bond acceptors (Lipinski definition) is 5. The first-order chi connectivity index (χ1) is 13.2. The van der Waals surface area contributed by atoms with Crippen molar-refractivity contribution >= 4 is 5.78 Å². The van der Waals surface area contributed by atoms with Crippen LogP contribution in [0, 0.1) is 0 Å². The Hall–Kier alpha value is -2.40. The number of rotatable bonds is 2. The van der Waals surface area contributed by atoms with Gasteiger partial charge in [0.25, 0.3) is 0 Å². The van der Waals surface area contributed by atoms with Gasteiger partial charge >= 0.3 is 0 Å². The molecular formula is C22H24N2O3. The number of Topliss-reactive ketones (excluding diaryl/α,β-unsaturated/α-hetero) is 1. The minimum Gasteiger partial charge on any atom is -0.486 e. The van der Waals surface area contributed by atoms with E-state index >= 15 is 0 Å². The van der Waals surface area contributed by atoms with E-state index in [0.717, 1.165) is 61.4 Å². The van der Waals surface area contributed by atoms with Gasteiger partial charge in [-0.3, -0.25) is 14.7 Å². The fourth-order valence-electron chi connectivity index (χ4n) is 4.62. The molecule has 1 fully saturated rings. The lowest BCUT2D eigenvalue weighted by molar-refractivity contribution is 0.00934. The predicted octanol–water partition coefficient (Wildman–Crippen LogP) is 4.10. The number of fused-ring (bicyclic) bond motifs is 3. The Morgan fingerprint density at radius 1 is 1.07 bits per heavy atom. The second kappa shape index (κ2) is 6.64. The molecule has 3 aliphatic rings. The van der Waals surface area contributed by atoms with Gasteiger partial charge in [0.2, 0.25) is 0 Å². The first-order valence-electron chi connectivity index (χ1n) is 9.85. The average molecular weight is 364 g/mol. The van der Waals surface area contributed by atoms with E-state index in [1.807, 2.05) is 36.7 Å². The molecule has 1 aliphatic carbocycles. The highest BCUT2D eigenvalue weighted by atomic mass is 16.5. The molecule has 0 bridgehead atoms. The van der Waals surface area contributed by atoms with E-state index in [4.69, 9.17) is 9.47 Å². The zero-order chi connectivity index (χ0) is 18.3. The van der Waals surface area contributed by atoms with Crippen molar-refractivity contribution in [3.63, 3.8) is 0 Å². The molecule has 1 spiro atoms. The fourth-order valence-corrected chi connectivity index (χ4v) is 4.62. The third-order valence-electron chi connectivity index (χ3n) is 6.02. The van der Waals surface area contributed by atoms with Crippen LogP contribution < -0.4 is 9.47 Å². The zero-order valence-corrected chi connectivity index (χ0v) is 15.4. The molecular weight excluding hydrogens is 340 g/mol. The number of ether oxygens (including phenoxy) is 2. The summed E-state index contributed by atoms with van der Waals surface area (Å²) < 4.78 is 12.6. The lowest BCUT2D eigenvalue weighted by Crippen LogP contribution is -2.44. The number of carbonyl (C=O) groups is 1. The topological polar surface area (TPSA) is 51.7 Å². The second-order valence-electron chi connectivity index (χ2n) is 7.98. The van der Waals surface area contributed by atoms with Crippen LogP contribution in [0.4, 0.5) is 0 Å². The molecule has 0 radical (unpaired) electrons. The quantitative estimate of drug-likeness (QED) is 0.803. The summed E-state index contributed by atoms with van der Waals surface area (Å²) in [5.74, 6) is 1.83. The Labute approximate surface area is 159 Å². The minimum absolute atomic E-state index is 0.215. The summed E-state index contributed by atoms with van der Waals surface area (Å²) in [4.78, 5) is 19.2. The van der Waals surface area contributed by atoms with Crippen LogP contribution in [-0.4, -0.2) is 28.0 Å². The Balaban J connectivity index is 1.46. The van der Waals surface area contributed by atoms with Crippen LogP contribution in [0.15, 0.2) is 36.7 Å². The van der Waals surface area contributed by atoms with Gasteiger partial charge in [-0.2, -0.15) is 0 Å². The maximum atomic E-state index is 12.9. The SMILES string of the molecule is O=C1CC2(CCCCC2)Oc2c1ccc1c2CN(Cc2ccncc2)CO1. The number of hydrogen-bond donors (Lipinski definition) is 0. The number of pyridine rings is 1. The number of aromatic nitrogens is 1. The minimum atomic E-state index is -0.301. The van der Waals surface area contributed by atoms with Crippen LogP contribution in [0.5, 0.6) is 11.5 Å². The summed E-state index contributed by atoms with van der Waals surface area (Å²) in [6.45, 7) is 2.04. The molecule has 27 heavy (non-hydrogen) atoms. The van der Waals surface area contributed by atoms with E-state index in [0.29, 0.717) is 13.2 Å². The number of nitrogens with zero attached hydrogens (tertiary/aromatic N) is 2. The molecule has 2 aromatic rings. The van der Waals surface area contributed by atoms with Gasteiger partial charge in [0.05, 0.1) is 17.5 Å². The lowest BCUT2D eigenvalue weighted by atomic mass is 9.78. The first kappa shape index (κ1) is 16.8. The van der Waals surface area contributed by atoms with Crippen LogP contribution in [0.1, 0.15) is 60.0 Å². The van der Waals surface area contributed by atoms with Crippen LogP contribution in [0.3, 0.4) is 0 Å². The molecule has 3 heterocycles. The highest BCUT2D eigenvalue weighted by molar-refractivity contribution is 6.01. The Morgan fingerprint density at radius 3 is 2.70 bits per heavy atom. The molecule has 1 aromatic carbocycles. The van der Waals surface area contributed by atoms with Crippen molar-refractivity contribution in [2.75, 3.05) is 6.73 Å². The van der Waals surface area contributed by atoms with Crippen LogP contribution in [-0.2, 0) is 13.1 Å². The van der Waals surface area contributed by atoms with E-state index in [1.165, 1.54) is 12.0 Å². The van der Waals surface area contributed by atoms with E-state index < -0.39 is 0 Å². The van der Waals surface area contributed by atoms with Crippen LogP contribution in [0.25, 0.3) is 0 Å². The number of ketones is 1. The highest BCUT2D eigenvalue weighted by Gasteiger charge is 2.43. The van der Waals surface area contributed by atoms with Gasteiger partial charge in [-0.15, -0.1) is 0 Å². The van der Waals surface area contributed by atoms with Gasteiger partial charge in [-0.05, 0) is 55.5 Å². The van der Waals surface area contributed by atoms with Crippen molar-refractivity contribution in [1.82, 2.24) is 9.88 Å². The van der Waals surface area contributed by atoms with Gasteiger partial charge in [0, 0.05) is 25.5 Å². The van der Waals surface area contributed by atoms with Crippen molar-refractivity contribution in [2.24, 2.45) is 0 Å². The molecule has 2 aliphatic heterocycles. The lowest BCUT2D eigenvalue weighted by Gasteiger charge is -2.42. The molecule has 5 nitrogen and oxygen atoms in total.